The first-order valence-corrected chi connectivity index (χ1v) is 11.1. The van der Waals surface area contributed by atoms with Crippen LogP contribution in [0.15, 0.2) is 67.3 Å². The molecule has 0 saturated heterocycles. The van der Waals surface area contributed by atoms with Crippen molar-refractivity contribution in [1.29, 1.82) is 0 Å². The monoisotopic (exact) mass is 426 g/mol. The molecule has 0 unspecified atom stereocenters. The van der Waals surface area contributed by atoms with Gasteiger partial charge < -0.3 is 19.3 Å². The van der Waals surface area contributed by atoms with Crippen LogP contribution in [0.4, 0.5) is 0 Å². The van der Waals surface area contributed by atoms with Crippen LogP contribution in [-0.4, -0.2) is 30.5 Å². The fourth-order valence-corrected chi connectivity index (χ4v) is 3.73. The number of aliphatic hydroxyl groups is 1. The molecule has 4 heteroatoms. The summed E-state index contributed by atoms with van der Waals surface area (Å²) in [7, 11) is 1.66. The van der Waals surface area contributed by atoms with Crippen molar-refractivity contribution in [3.05, 3.63) is 78.4 Å². The first-order chi connectivity index (χ1) is 14.9. The number of benzene rings is 2. The molecule has 170 valence electrons. The summed E-state index contributed by atoms with van der Waals surface area (Å²) in [6, 6.07) is 18.0. The molecule has 0 aliphatic heterocycles. The SMILES string of the molecule is C=C[C@H](C)[C@@H](O)[C@@H](C)[C@H](OCc1ccc(OC)cc1)[C@@H](C)[C@H](C)OCc1ccccc1. The van der Waals surface area contributed by atoms with Crippen molar-refractivity contribution in [3.8, 4) is 5.75 Å². The average Bonchev–Trinajstić information content (AvgIpc) is 2.82. The quantitative estimate of drug-likeness (QED) is 0.421. The lowest BCUT2D eigenvalue weighted by Crippen LogP contribution is -2.42. The smallest absolute Gasteiger partial charge is 0.118 e. The first kappa shape index (κ1) is 25.1. The Morgan fingerprint density at radius 3 is 2.00 bits per heavy atom. The van der Waals surface area contributed by atoms with E-state index < -0.39 is 6.10 Å². The van der Waals surface area contributed by atoms with Gasteiger partial charge in [-0.25, -0.2) is 0 Å². The highest BCUT2D eigenvalue weighted by Gasteiger charge is 2.34. The van der Waals surface area contributed by atoms with E-state index in [0.717, 1.165) is 16.9 Å². The van der Waals surface area contributed by atoms with E-state index in [0.29, 0.717) is 13.2 Å². The third kappa shape index (κ3) is 7.49. The Balaban J connectivity index is 2.09. The van der Waals surface area contributed by atoms with E-state index >= 15 is 0 Å². The highest BCUT2D eigenvalue weighted by atomic mass is 16.5. The van der Waals surface area contributed by atoms with Crippen molar-refractivity contribution in [3.63, 3.8) is 0 Å². The summed E-state index contributed by atoms with van der Waals surface area (Å²) < 4.78 is 17.8. The molecule has 0 saturated carbocycles. The molecule has 0 fully saturated rings. The van der Waals surface area contributed by atoms with Gasteiger partial charge in [-0.1, -0.05) is 69.3 Å². The van der Waals surface area contributed by atoms with Gasteiger partial charge in [-0.05, 0) is 30.2 Å². The summed E-state index contributed by atoms with van der Waals surface area (Å²) in [6.07, 6.45) is 1.05. The van der Waals surface area contributed by atoms with Gasteiger partial charge in [0.2, 0.25) is 0 Å². The van der Waals surface area contributed by atoms with Crippen molar-refractivity contribution in [2.45, 2.75) is 59.2 Å². The molecule has 0 spiro atoms. The maximum absolute atomic E-state index is 10.9. The van der Waals surface area contributed by atoms with E-state index in [4.69, 9.17) is 14.2 Å². The molecule has 0 heterocycles. The van der Waals surface area contributed by atoms with Gasteiger partial charge in [-0.2, -0.15) is 0 Å². The van der Waals surface area contributed by atoms with Gasteiger partial charge in [0, 0.05) is 17.8 Å². The summed E-state index contributed by atoms with van der Waals surface area (Å²) in [5.74, 6) is 0.808. The van der Waals surface area contributed by atoms with Gasteiger partial charge in [0.25, 0.3) is 0 Å². The standard InChI is InChI=1S/C27H38O4/c1-7-19(2)26(28)21(4)27(31-18-24-13-15-25(29-6)16-14-24)20(3)22(5)30-17-23-11-9-8-10-12-23/h7-16,19-22,26-28H,1,17-18H2,2-6H3/t19-,20-,21+,22-,26+,27+/m0/s1. The second-order valence-corrected chi connectivity index (χ2v) is 8.43. The van der Waals surface area contributed by atoms with Crippen molar-refractivity contribution in [2.75, 3.05) is 7.11 Å². The number of methoxy groups -OCH3 is 1. The summed E-state index contributed by atoms with van der Waals surface area (Å²) in [4.78, 5) is 0. The summed E-state index contributed by atoms with van der Waals surface area (Å²) in [6.45, 7) is 13.1. The predicted molar refractivity (Wildman–Crippen MR) is 126 cm³/mol. The molecule has 31 heavy (non-hydrogen) atoms. The Hall–Kier alpha value is -2.14. The maximum Gasteiger partial charge on any atom is 0.118 e. The Morgan fingerprint density at radius 2 is 1.42 bits per heavy atom. The summed E-state index contributed by atoms with van der Waals surface area (Å²) in [5.41, 5.74) is 2.21. The molecular formula is C27H38O4. The fourth-order valence-electron chi connectivity index (χ4n) is 3.73. The zero-order chi connectivity index (χ0) is 22.8. The Kier molecular flexibility index (Phi) is 10.3. The molecule has 6 atom stereocenters. The number of rotatable bonds is 13. The lowest BCUT2D eigenvalue weighted by atomic mass is 9.82. The van der Waals surface area contributed by atoms with Crippen LogP contribution in [0.2, 0.25) is 0 Å². The molecule has 2 aromatic rings. The lowest BCUT2D eigenvalue weighted by Gasteiger charge is -2.36. The topological polar surface area (TPSA) is 47.9 Å². The van der Waals surface area contributed by atoms with Gasteiger partial charge in [0.1, 0.15) is 5.75 Å². The lowest BCUT2D eigenvalue weighted by molar-refractivity contribution is -0.109. The van der Waals surface area contributed by atoms with Crippen molar-refractivity contribution in [2.24, 2.45) is 17.8 Å². The van der Waals surface area contributed by atoms with Crippen LogP contribution < -0.4 is 4.74 Å². The Labute approximate surface area is 187 Å². The molecule has 0 radical (unpaired) electrons. The Morgan fingerprint density at radius 1 is 0.839 bits per heavy atom. The largest absolute Gasteiger partial charge is 0.497 e. The highest BCUT2D eigenvalue weighted by Crippen LogP contribution is 2.29. The molecule has 2 rings (SSSR count). The first-order valence-electron chi connectivity index (χ1n) is 11.1. The predicted octanol–water partition coefficient (Wildman–Crippen LogP) is 5.64. The van der Waals surface area contributed by atoms with Crippen LogP contribution in [0.25, 0.3) is 0 Å². The van der Waals surface area contributed by atoms with E-state index in [9.17, 15) is 5.11 Å². The number of aliphatic hydroxyl groups excluding tert-OH is 1. The van der Waals surface area contributed by atoms with Gasteiger partial charge in [0.05, 0.1) is 38.6 Å². The van der Waals surface area contributed by atoms with Gasteiger partial charge in [-0.3, -0.25) is 0 Å². The average molecular weight is 427 g/mol. The van der Waals surface area contributed by atoms with Crippen molar-refractivity contribution in [1.82, 2.24) is 0 Å². The normalized spacial score (nSPS) is 17.2. The zero-order valence-corrected chi connectivity index (χ0v) is 19.5. The minimum Gasteiger partial charge on any atom is -0.497 e. The van der Waals surface area contributed by atoms with Crippen LogP contribution in [0, 0.1) is 17.8 Å². The molecule has 0 aromatic heterocycles. The van der Waals surface area contributed by atoms with Crippen molar-refractivity contribution >= 4 is 0 Å². The molecule has 0 aliphatic carbocycles. The van der Waals surface area contributed by atoms with Crippen LogP contribution in [-0.2, 0) is 22.7 Å². The summed E-state index contributed by atoms with van der Waals surface area (Å²) >= 11 is 0. The molecule has 4 nitrogen and oxygen atoms in total. The van der Waals surface area contributed by atoms with Gasteiger partial charge in [0.15, 0.2) is 0 Å². The third-order valence-corrected chi connectivity index (χ3v) is 6.18. The second kappa shape index (κ2) is 12.7. The van der Waals surface area contributed by atoms with E-state index in [1.165, 1.54) is 0 Å². The second-order valence-electron chi connectivity index (χ2n) is 8.43. The van der Waals surface area contributed by atoms with E-state index in [1.807, 2.05) is 56.3 Å². The molecule has 1 N–H and O–H groups in total. The molecule has 0 aliphatic rings. The van der Waals surface area contributed by atoms with Gasteiger partial charge >= 0.3 is 0 Å². The van der Waals surface area contributed by atoms with Crippen LogP contribution in [0.3, 0.4) is 0 Å². The summed E-state index contributed by atoms with van der Waals surface area (Å²) in [5, 5.41) is 10.9. The fraction of sp³-hybridized carbons (Fsp3) is 0.481. The van der Waals surface area contributed by atoms with Crippen LogP contribution in [0.5, 0.6) is 5.75 Å². The Bertz CT molecular complexity index is 759. The van der Waals surface area contributed by atoms with E-state index in [-0.39, 0.29) is 30.0 Å². The maximum atomic E-state index is 10.9. The number of ether oxygens (including phenoxy) is 3. The van der Waals surface area contributed by atoms with Crippen LogP contribution in [0.1, 0.15) is 38.8 Å². The number of hydrogen-bond donors (Lipinski definition) is 1. The van der Waals surface area contributed by atoms with E-state index in [1.54, 1.807) is 13.2 Å². The van der Waals surface area contributed by atoms with Gasteiger partial charge in [-0.15, -0.1) is 6.58 Å². The van der Waals surface area contributed by atoms with Crippen molar-refractivity contribution < 1.29 is 19.3 Å². The van der Waals surface area contributed by atoms with E-state index in [2.05, 4.69) is 32.6 Å². The minimum absolute atomic E-state index is 0.0187. The number of hydrogen-bond acceptors (Lipinski definition) is 4. The molecule has 0 amide bonds. The highest BCUT2D eigenvalue weighted by molar-refractivity contribution is 5.26. The molecule has 0 bridgehead atoms. The minimum atomic E-state index is -0.540. The molecule has 2 aromatic carbocycles. The zero-order valence-electron chi connectivity index (χ0n) is 19.5. The third-order valence-electron chi connectivity index (χ3n) is 6.18. The molecular weight excluding hydrogens is 388 g/mol. The van der Waals surface area contributed by atoms with Crippen LogP contribution >= 0.6 is 0 Å².